The van der Waals surface area contributed by atoms with Crippen LogP contribution in [-0.4, -0.2) is 44.0 Å². The maximum atomic E-state index is 13.1. The Kier molecular flexibility index (Phi) is 8.64. The summed E-state index contributed by atoms with van der Waals surface area (Å²) in [6.07, 6.45) is 0.922. The van der Waals surface area contributed by atoms with Gasteiger partial charge in [0, 0.05) is 37.1 Å². The lowest BCUT2D eigenvalue weighted by Crippen LogP contribution is -2.43. The Morgan fingerprint density at radius 2 is 1.77 bits per heavy atom. The van der Waals surface area contributed by atoms with E-state index in [0.717, 1.165) is 29.2 Å². The highest BCUT2D eigenvalue weighted by molar-refractivity contribution is 7.98. The Bertz CT molecular complexity index is 1010. The van der Waals surface area contributed by atoms with E-state index in [0.29, 0.717) is 29.4 Å². The van der Waals surface area contributed by atoms with Crippen LogP contribution in [-0.2, 0) is 20.6 Å². The molecule has 2 aromatic rings. The number of halogens is 3. The van der Waals surface area contributed by atoms with Gasteiger partial charge in [-0.3, -0.25) is 4.79 Å². The molecule has 10 heteroatoms. The van der Waals surface area contributed by atoms with Crippen molar-refractivity contribution in [1.82, 2.24) is 9.62 Å². The molecule has 31 heavy (non-hydrogen) atoms. The first-order valence-corrected chi connectivity index (χ1v) is 13.2. The number of nitrogens with one attached hydrogen (secondary N) is 1. The van der Waals surface area contributed by atoms with Crippen molar-refractivity contribution in [2.45, 2.75) is 23.5 Å². The summed E-state index contributed by atoms with van der Waals surface area (Å²) in [5.41, 5.74) is 1.07. The lowest BCUT2D eigenvalue weighted by Gasteiger charge is -2.30. The minimum absolute atomic E-state index is 0.0473. The molecule has 168 valence electrons. The predicted octanol–water partition coefficient (Wildman–Crippen LogP) is 4.58. The Hall–Kier alpha value is -1.32. The second kappa shape index (κ2) is 11.0. The number of sulfonamides is 1. The second-order valence-corrected chi connectivity index (χ2v) is 11.1. The van der Waals surface area contributed by atoms with E-state index in [-0.39, 0.29) is 29.8 Å². The van der Waals surface area contributed by atoms with E-state index in [1.165, 1.54) is 16.4 Å². The van der Waals surface area contributed by atoms with Crippen LogP contribution in [0.3, 0.4) is 0 Å². The summed E-state index contributed by atoms with van der Waals surface area (Å²) in [4.78, 5) is 12.5. The first-order valence-electron chi connectivity index (χ1n) is 9.82. The summed E-state index contributed by atoms with van der Waals surface area (Å²) < 4.78 is 39.7. The van der Waals surface area contributed by atoms with E-state index < -0.39 is 15.8 Å². The molecule has 5 nitrogen and oxygen atoms in total. The van der Waals surface area contributed by atoms with Gasteiger partial charge in [0.05, 0.1) is 14.9 Å². The van der Waals surface area contributed by atoms with Gasteiger partial charge in [-0.15, -0.1) is 0 Å². The standard InChI is InChI=1S/C21H23Cl2FN2O3S2/c22-19-6-1-15(13-20(19)23)14-30-12-9-25-21(27)16-7-10-26(11-8-16)31(28,29)18-4-2-17(24)3-5-18/h1-6,13,16H,7-12,14H2,(H,25,27). The zero-order valence-corrected chi connectivity index (χ0v) is 19.8. The number of thioether (sulfide) groups is 1. The lowest BCUT2D eigenvalue weighted by molar-refractivity contribution is -0.125. The summed E-state index contributed by atoms with van der Waals surface area (Å²) >= 11 is 13.6. The van der Waals surface area contributed by atoms with Crippen LogP contribution in [0.15, 0.2) is 47.4 Å². The fourth-order valence-electron chi connectivity index (χ4n) is 3.32. The van der Waals surface area contributed by atoms with E-state index in [9.17, 15) is 17.6 Å². The van der Waals surface area contributed by atoms with Crippen LogP contribution in [0.5, 0.6) is 0 Å². The monoisotopic (exact) mass is 504 g/mol. The van der Waals surface area contributed by atoms with Crippen molar-refractivity contribution in [3.8, 4) is 0 Å². The smallest absolute Gasteiger partial charge is 0.243 e. The highest BCUT2D eigenvalue weighted by Crippen LogP contribution is 2.25. The molecule has 1 N–H and O–H groups in total. The van der Waals surface area contributed by atoms with Crippen molar-refractivity contribution in [3.63, 3.8) is 0 Å². The van der Waals surface area contributed by atoms with Crippen molar-refractivity contribution in [1.29, 1.82) is 0 Å². The second-order valence-electron chi connectivity index (χ2n) is 7.22. The molecule has 0 bridgehead atoms. The molecule has 0 unspecified atom stereocenters. The Morgan fingerprint density at radius 3 is 2.42 bits per heavy atom. The molecule has 1 aliphatic heterocycles. The molecule has 1 heterocycles. The largest absolute Gasteiger partial charge is 0.355 e. The Labute approximate surface area is 196 Å². The zero-order chi connectivity index (χ0) is 22.4. The van der Waals surface area contributed by atoms with E-state index in [1.807, 2.05) is 12.1 Å². The molecule has 1 saturated heterocycles. The number of hydrogen-bond donors (Lipinski definition) is 1. The normalized spacial score (nSPS) is 15.7. The van der Waals surface area contributed by atoms with Crippen LogP contribution in [0, 0.1) is 11.7 Å². The van der Waals surface area contributed by atoms with Crippen molar-refractivity contribution in [2.75, 3.05) is 25.4 Å². The van der Waals surface area contributed by atoms with Gasteiger partial charge in [-0.05, 0) is 54.8 Å². The van der Waals surface area contributed by atoms with Crippen LogP contribution in [0.25, 0.3) is 0 Å². The minimum Gasteiger partial charge on any atom is -0.355 e. The van der Waals surface area contributed by atoms with E-state index in [2.05, 4.69) is 5.32 Å². The topological polar surface area (TPSA) is 66.5 Å². The van der Waals surface area contributed by atoms with Gasteiger partial charge in [0.2, 0.25) is 15.9 Å². The molecule has 0 atom stereocenters. The molecule has 1 amide bonds. The Balaban J connectivity index is 1.39. The third kappa shape index (κ3) is 6.58. The van der Waals surface area contributed by atoms with Crippen molar-refractivity contribution < 1.29 is 17.6 Å². The van der Waals surface area contributed by atoms with Crippen LogP contribution in [0.4, 0.5) is 4.39 Å². The first-order chi connectivity index (χ1) is 14.8. The van der Waals surface area contributed by atoms with Gasteiger partial charge in [0.1, 0.15) is 5.82 Å². The predicted molar refractivity (Wildman–Crippen MR) is 124 cm³/mol. The number of amides is 1. The molecule has 1 aliphatic rings. The fraction of sp³-hybridized carbons (Fsp3) is 0.381. The first kappa shape index (κ1) is 24.3. The molecular formula is C21H23Cl2FN2O3S2. The van der Waals surface area contributed by atoms with Gasteiger partial charge in [-0.1, -0.05) is 29.3 Å². The highest BCUT2D eigenvalue weighted by Gasteiger charge is 2.31. The summed E-state index contributed by atoms with van der Waals surface area (Å²) in [5, 5.41) is 3.99. The maximum absolute atomic E-state index is 13.1. The van der Waals surface area contributed by atoms with Gasteiger partial charge in [-0.25, -0.2) is 12.8 Å². The third-order valence-corrected chi connectivity index (χ3v) is 8.76. The van der Waals surface area contributed by atoms with Gasteiger partial charge < -0.3 is 5.32 Å². The van der Waals surface area contributed by atoms with Gasteiger partial charge in [0.15, 0.2) is 0 Å². The van der Waals surface area contributed by atoms with E-state index in [1.54, 1.807) is 17.8 Å². The number of hydrogen-bond acceptors (Lipinski definition) is 4. The maximum Gasteiger partial charge on any atom is 0.243 e. The molecule has 2 aromatic carbocycles. The van der Waals surface area contributed by atoms with Crippen molar-refractivity contribution in [3.05, 3.63) is 63.9 Å². The summed E-state index contributed by atoms with van der Waals surface area (Å²) in [5.74, 6) is 0.786. The summed E-state index contributed by atoms with van der Waals surface area (Å²) in [6.45, 7) is 1.08. The van der Waals surface area contributed by atoms with Crippen LogP contribution in [0.2, 0.25) is 10.0 Å². The summed E-state index contributed by atoms with van der Waals surface area (Å²) in [7, 11) is -3.67. The molecule has 3 rings (SSSR count). The molecule has 0 aromatic heterocycles. The SMILES string of the molecule is O=C(NCCSCc1ccc(Cl)c(Cl)c1)C1CCN(S(=O)(=O)c2ccc(F)cc2)CC1. The number of carbonyl (C=O) groups excluding carboxylic acids is 1. The van der Waals surface area contributed by atoms with Crippen molar-refractivity contribution >= 4 is 50.9 Å². The van der Waals surface area contributed by atoms with E-state index in [4.69, 9.17) is 23.2 Å². The van der Waals surface area contributed by atoms with Gasteiger partial charge in [0.25, 0.3) is 0 Å². The number of nitrogens with zero attached hydrogens (tertiary/aromatic N) is 1. The number of rotatable bonds is 8. The number of piperidine rings is 1. The van der Waals surface area contributed by atoms with Crippen LogP contribution < -0.4 is 5.32 Å². The average molecular weight is 505 g/mol. The third-order valence-electron chi connectivity index (χ3n) is 5.07. The molecule has 0 saturated carbocycles. The summed E-state index contributed by atoms with van der Waals surface area (Å²) in [6, 6.07) is 10.3. The lowest BCUT2D eigenvalue weighted by atomic mass is 9.97. The van der Waals surface area contributed by atoms with Crippen LogP contribution in [0.1, 0.15) is 18.4 Å². The molecule has 0 spiro atoms. The highest BCUT2D eigenvalue weighted by atomic mass is 35.5. The number of benzene rings is 2. The Morgan fingerprint density at radius 1 is 1.10 bits per heavy atom. The number of carbonyl (C=O) groups is 1. The molecular weight excluding hydrogens is 482 g/mol. The molecule has 1 fully saturated rings. The van der Waals surface area contributed by atoms with Crippen LogP contribution >= 0.6 is 35.0 Å². The quantitative estimate of drug-likeness (QED) is 0.534. The van der Waals surface area contributed by atoms with Gasteiger partial charge in [-0.2, -0.15) is 16.1 Å². The van der Waals surface area contributed by atoms with Crippen molar-refractivity contribution in [2.24, 2.45) is 5.92 Å². The zero-order valence-electron chi connectivity index (χ0n) is 16.7. The molecule has 0 radical (unpaired) electrons. The average Bonchev–Trinajstić information content (AvgIpc) is 2.76. The fourth-order valence-corrected chi connectivity index (χ4v) is 5.92. The van der Waals surface area contributed by atoms with E-state index >= 15 is 0 Å². The van der Waals surface area contributed by atoms with Gasteiger partial charge >= 0.3 is 0 Å². The molecule has 0 aliphatic carbocycles. The minimum atomic E-state index is -3.67.